The Morgan fingerprint density at radius 3 is 2.31 bits per heavy atom. The Balaban J connectivity index is 2.09. The molecule has 1 N–H and O–H groups in total. The van der Waals surface area contributed by atoms with Crippen LogP contribution in [0, 0.1) is 20.8 Å². The van der Waals surface area contributed by atoms with Crippen molar-refractivity contribution in [3.05, 3.63) is 58.7 Å². The van der Waals surface area contributed by atoms with Gasteiger partial charge in [-0.15, -0.1) is 0 Å². The van der Waals surface area contributed by atoms with Crippen LogP contribution in [0.1, 0.15) is 40.9 Å². The Hall–Kier alpha value is -2.82. The first kappa shape index (κ1) is 19.5. The van der Waals surface area contributed by atoms with Gasteiger partial charge in [0.1, 0.15) is 11.3 Å². The van der Waals surface area contributed by atoms with Crippen molar-refractivity contribution in [2.45, 2.75) is 40.7 Å². The van der Waals surface area contributed by atoms with E-state index in [1.165, 1.54) is 0 Å². The first-order valence-electron chi connectivity index (χ1n) is 8.65. The number of carbonyl (C=O) groups is 2. The highest BCUT2D eigenvalue weighted by molar-refractivity contribution is 5.99. The number of nitrogens with one attached hydrogen (secondary N) is 1. The largest absolute Gasteiger partial charge is 0.493 e. The summed E-state index contributed by atoms with van der Waals surface area (Å²) in [4.78, 5) is 24.9. The van der Waals surface area contributed by atoms with Crippen LogP contribution in [0.25, 0.3) is 0 Å². The van der Waals surface area contributed by atoms with Crippen LogP contribution in [0.2, 0.25) is 0 Å². The molecule has 0 bridgehead atoms. The van der Waals surface area contributed by atoms with Crippen LogP contribution in [-0.2, 0) is 9.53 Å². The number of rotatable bonds is 6. The molecule has 1 amide bonds. The third kappa shape index (κ3) is 4.63. The molecule has 0 radical (unpaired) electrons. The second-order valence-electron chi connectivity index (χ2n) is 6.24. The molecule has 0 fully saturated rings. The molecular weight excluding hydrogens is 330 g/mol. The molecule has 1 atom stereocenters. The SMILES string of the molecule is CCOc1ccccc1C(=O)O[C@H](C)C(=O)Nc1c(C)cc(C)cc1C. The highest BCUT2D eigenvalue weighted by Gasteiger charge is 2.22. The average Bonchev–Trinajstić information content (AvgIpc) is 2.58. The van der Waals surface area contributed by atoms with Crippen molar-refractivity contribution in [2.24, 2.45) is 0 Å². The number of anilines is 1. The minimum absolute atomic E-state index is 0.302. The number of carbonyl (C=O) groups excluding carboxylic acids is 2. The fraction of sp³-hybridized carbons (Fsp3) is 0.333. The third-order valence-electron chi connectivity index (χ3n) is 3.99. The molecule has 0 spiro atoms. The zero-order chi connectivity index (χ0) is 19.3. The van der Waals surface area contributed by atoms with Gasteiger partial charge in [0.25, 0.3) is 5.91 Å². The topological polar surface area (TPSA) is 64.6 Å². The second kappa shape index (κ2) is 8.52. The fourth-order valence-corrected chi connectivity index (χ4v) is 2.80. The van der Waals surface area contributed by atoms with Gasteiger partial charge in [0.2, 0.25) is 0 Å². The van der Waals surface area contributed by atoms with E-state index in [2.05, 4.69) is 5.32 Å². The summed E-state index contributed by atoms with van der Waals surface area (Å²) >= 11 is 0. The predicted molar refractivity (Wildman–Crippen MR) is 102 cm³/mol. The van der Waals surface area contributed by atoms with Crippen LogP contribution < -0.4 is 10.1 Å². The van der Waals surface area contributed by atoms with E-state index in [1.807, 2.05) is 39.8 Å². The quantitative estimate of drug-likeness (QED) is 0.789. The molecule has 0 saturated heterocycles. The number of ether oxygens (including phenoxy) is 2. The lowest BCUT2D eigenvalue weighted by molar-refractivity contribution is -0.123. The molecule has 0 unspecified atom stereocenters. The van der Waals surface area contributed by atoms with E-state index in [9.17, 15) is 9.59 Å². The first-order valence-corrected chi connectivity index (χ1v) is 8.65. The monoisotopic (exact) mass is 355 g/mol. The van der Waals surface area contributed by atoms with E-state index in [4.69, 9.17) is 9.47 Å². The Labute approximate surface area is 154 Å². The Bertz CT molecular complexity index is 790. The maximum atomic E-state index is 12.5. The van der Waals surface area contributed by atoms with Gasteiger partial charge in [-0.05, 0) is 57.9 Å². The maximum absolute atomic E-state index is 12.5. The molecule has 5 heteroatoms. The van der Waals surface area contributed by atoms with Crippen LogP contribution in [0.4, 0.5) is 5.69 Å². The molecule has 2 aromatic carbocycles. The van der Waals surface area contributed by atoms with Gasteiger partial charge in [0, 0.05) is 5.69 Å². The number of benzene rings is 2. The van der Waals surface area contributed by atoms with Crippen LogP contribution in [0.15, 0.2) is 36.4 Å². The first-order chi connectivity index (χ1) is 12.3. The highest BCUT2D eigenvalue weighted by atomic mass is 16.5. The lowest BCUT2D eigenvalue weighted by Crippen LogP contribution is -2.30. The van der Waals surface area contributed by atoms with Crippen LogP contribution in [0.5, 0.6) is 5.75 Å². The van der Waals surface area contributed by atoms with Crippen molar-refractivity contribution in [3.63, 3.8) is 0 Å². The summed E-state index contributed by atoms with van der Waals surface area (Å²) in [6.07, 6.45) is -0.933. The van der Waals surface area contributed by atoms with E-state index < -0.39 is 12.1 Å². The zero-order valence-corrected chi connectivity index (χ0v) is 15.9. The van der Waals surface area contributed by atoms with Crippen molar-refractivity contribution in [1.29, 1.82) is 0 Å². The van der Waals surface area contributed by atoms with Gasteiger partial charge in [0.05, 0.1) is 6.61 Å². The van der Waals surface area contributed by atoms with Crippen molar-refractivity contribution < 1.29 is 19.1 Å². The number of hydrogen-bond donors (Lipinski definition) is 1. The van der Waals surface area contributed by atoms with E-state index in [0.29, 0.717) is 17.9 Å². The Morgan fingerprint density at radius 2 is 1.69 bits per heavy atom. The lowest BCUT2D eigenvalue weighted by Gasteiger charge is -2.17. The summed E-state index contributed by atoms with van der Waals surface area (Å²) in [5, 5.41) is 2.85. The van der Waals surface area contributed by atoms with Gasteiger partial charge in [-0.25, -0.2) is 4.79 Å². The minimum Gasteiger partial charge on any atom is -0.493 e. The molecule has 2 rings (SSSR count). The third-order valence-corrected chi connectivity index (χ3v) is 3.99. The standard InChI is InChI=1S/C21H25NO4/c1-6-25-18-10-8-7-9-17(18)21(24)26-16(5)20(23)22-19-14(3)11-13(2)12-15(19)4/h7-12,16H,6H2,1-5H3,(H,22,23)/t16-/m1/s1. The summed E-state index contributed by atoms with van der Waals surface area (Å²) in [5.41, 5.74) is 4.12. The molecule has 26 heavy (non-hydrogen) atoms. The van der Waals surface area contributed by atoms with E-state index in [-0.39, 0.29) is 5.91 Å². The summed E-state index contributed by atoms with van der Waals surface area (Å²) in [5.74, 6) is -0.519. The molecule has 5 nitrogen and oxygen atoms in total. The van der Waals surface area contributed by atoms with Gasteiger partial charge in [0.15, 0.2) is 6.10 Å². The van der Waals surface area contributed by atoms with Gasteiger partial charge >= 0.3 is 5.97 Å². The molecule has 0 heterocycles. The summed E-state index contributed by atoms with van der Waals surface area (Å²) in [7, 11) is 0. The second-order valence-corrected chi connectivity index (χ2v) is 6.24. The summed E-state index contributed by atoms with van der Waals surface area (Å²) < 4.78 is 10.8. The molecule has 0 aliphatic rings. The zero-order valence-electron chi connectivity index (χ0n) is 15.9. The molecule has 0 aliphatic carbocycles. The van der Waals surface area contributed by atoms with Gasteiger partial charge < -0.3 is 14.8 Å². The Kier molecular flexibility index (Phi) is 6.39. The van der Waals surface area contributed by atoms with Crippen molar-refractivity contribution in [2.75, 3.05) is 11.9 Å². The number of para-hydroxylation sites is 1. The van der Waals surface area contributed by atoms with Crippen LogP contribution >= 0.6 is 0 Å². The van der Waals surface area contributed by atoms with Crippen molar-refractivity contribution in [1.82, 2.24) is 0 Å². The Morgan fingerprint density at radius 1 is 1.08 bits per heavy atom. The van der Waals surface area contributed by atoms with Gasteiger partial charge in [-0.1, -0.05) is 29.8 Å². The molecular formula is C21H25NO4. The van der Waals surface area contributed by atoms with Crippen LogP contribution in [-0.4, -0.2) is 24.6 Å². The van der Waals surface area contributed by atoms with E-state index in [1.54, 1.807) is 31.2 Å². The van der Waals surface area contributed by atoms with Gasteiger partial charge in [-0.3, -0.25) is 4.79 Å². The number of amides is 1. The van der Waals surface area contributed by atoms with Gasteiger partial charge in [-0.2, -0.15) is 0 Å². The minimum atomic E-state index is -0.933. The molecule has 2 aromatic rings. The van der Waals surface area contributed by atoms with Crippen molar-refractivity contribution in [3.8, 4) is 5.75 Å². The molecule has 0 aliphatic heterocycles. The molecule has 0 aromatic heterocycles. The normalized spacial score (nSPS) is 11.6. The average molecular weight is 355 g/mol. The maximum Gasteiger partial charge on any atom is 0.342 e. The van der Waals surface area contributed by atoms with Crippen molar-refractivity contribution >= 4 is 17.6 Å². The predicted octanol–water partition coefficient (Wildman–Crippen LogP) is 4.19. The molecule has 138 valence electrons. The van der Waals surface area contributed by atoms with E-state index >= 15 is 0 Å². The van der Waals surface area contributed by atoms with Crippen LogP contribution in [0.3, 0.4) is 0 Å². The lowest BCUT2D eigenvalue weighted by atomic mass is 10.0. The summed E-state index contributed by atoms with van der Waals surface area (Å²) in [6, 6.07) is 10.8. The summed E-state index contributed by atoms with van der Waals surface area (Å²) in [6.45, 7) is 9.70. The highest BCUT2D eigenvalue weighted by Crippen LogP contribution is 2.23. The number of hydrogen-bond acceptors (Lipinski definition) is 4. The number of esters is 1. The molecule has 0 saturated carbocycles. The fourth-order valence-electron chi connectivity index (χ4n) is 2.80. The van der Waals surface area contributed by atoms with E-state index in [0.717, 1.165) is 22.4 Å². The number of aryl methyl sites for hydroxylation is 3. The smallest absolute Gasteiger partial charge is 0.342 e.